The van der Waals surface area contributed by atoms with E-state index >= 15 is 0 Å². The van der Waals surface area contributed by atoms with Crippen LogP contribution in [0.3, 0.4) is 0 Å². The molecule has 0 aromatic heterocycles. The molecule has 2 aliphatic rings. The third kappa shape index (κ3) is 4.34. The Kier molecular flexibility index (Phi) is 5.98. The molecule has 1 saturated heterocycles. The zero-order valence-electron chi connectivity index (χ0n) is 12.7. The molecule has 2 nitrogen and oxygen atoms in total. The van der Waals surface area contributed by atoms with E-state index in [4.69, 9.17) is 16.3 Å². The summed E-state index contributed by atoms with van der Waals surface area (Å²) < 4.78 is 6.48. The molecule has 0 radical (unpaired) electrons. The molecule has 1 aliphatic carbocycles. The van der Waals surface area contributed by atoms with Gasteiger partial charge in [-0.2, -0.15) is 0 Å². The quantitative estimate of drug-likeness (QED) is 0.679. The van der Waals surface area contributed by atoms with Gasteiger partial charge < -0.3 is 4.74 Å². The second kappa shape index (κ2) is 7.28. The lowest BCUT2D eigenvalue weighted by molar-refractivity contribution is -0.0738. The summed E-state index contributed by atoms with van der Waals surface area (Å²) in [6.07, 6.45) is 10.8. The number of nitrogens with zero attached hydrogens (tertiary/aromatic N) is 1. The Balaban J connectivity index is 1.82. The van der Waals surface area contributed by atoms with E-state index in [2.05, 4.69) is 18.7 Å². The molecule has 1 unspecified atom stereocenters. The van der Waals surface area contributed by atoms with Gasteiger partial charge in [0.2, 0.25) is 0 Å². The summed E-state index contributed by atoms with van der Waals surface area (Å²) in [5, 5.41) is 0. The molecule has 0 amide bonds. The molecular weight excluding hydrogens is 258 g/mol. The highest BCUT2D eigenvalue weighted by Gasteiger charge is 2.41. The third-order valence-corrected chi connectivity index (χ3v) is 5.12. The van der Waals surface area contributed by atoms with Gasteiger partial charge in [-0.1, -0.05) is 19.3 Å². The second-order valence-electron chi connectivity index (χ2n) is 6.65. The van der Waals surface area contributed by atoms with Crippen LogP contribution in [0, 0.1) is 0 Å². The van der Waals surface area contributed by atoms with Crippen LogP contribution in [0.2, 0.25) is 0 Å². The van der Waals surface area contributed by atoms with Crippen LogP contribution < -0.4 is 0 Å². The average Bonchev–Trinajstić information content (AvgIpc) is 2.78. The Morgan fingerprint density at radius 1 is 1.21 bits per heavy atom. The predicted octanol–water partition coefficient (Wildman–Crippen LogP) is 4.21. The fraction of sp³-hybridized carbons (Fsp3) is 1.00. The van der Waals surface area contributed by atoms with E-state index in [9.17, 15) is 0 Å². The molecule has 1 atom stereocenters. The molecule has 0 aromatic rings. The van der Waals surface area contributed by atoms with Crippen LogP contribution >= 0.6 is 11.6 Å². The summed E-state index contributed by atoms with van der Waals surface area (Å²) >= 11 is 5.83. The van der Waals surface area contributed by atoms with Gasteiger partial charge in [0, 0.05) is 18.5 Å². The Hall–Kier alpha value is 0.210. The van der Waals surface area contributed by atoms with Crippen molar-refractivity contribution < 1.29 is 4.74 Å². The number of alkyl halides is 1. The van der Waals surface area contributed by atoms with Crippen molar-refractivity contribution in [2.45, 2.75) is 83.0 Å². The molecule has 3 heteroatoms. The van der Waals surface area contributed by atoms with E-state index in [1.807, 2.05) is 0 Å². The Bertz CT molecular complexity index is 263. The number of halogens is 1. The molecule has 0 N–H and O–H groups in total. The molecule has 1 heterocycles. The minimum Gasteiger partial charge on any atom is -0.370 e. The minimum atomic E-state index is 0.262. The maximum atomic E-state index is 6.48. The Morgan fingerprint density at radius 3 is 2.58 bits per heavy atom. The van der Waals surface area contributed by atoms with Crippen LogP contribution in [0.4, 0.5) is 0 Å². The van der Waals surface area contributed by atoms with Crippen molar-refractivity contribution in [3.05, 3.63) is 0 Å². The third-order valence-electron chi connectivity index (χ3n) is 4.85. The number of hydrogen-bond acceptors (Lipinski definition) is 2. The molecule has 1 spiro atoms. The minimum absolute atomic E-state index is 0.262. The molecule has 1 saturated carbocycles. The maximum Gasteiger partial charge on any atom is 0.0710 e. The first-order chi connectivity index (χ1) is 9.15. The SMILES string of the molecule is CC(C)N(CCCCl)CC1CCC2(CCCCC2)O1. The number of hydrogen-bond donors (Lipinski definition) is 0. The lowest BCUT2D eigenvalue weighted by atomic mass is 9.83. The van der Waals surface area contributed by atoms with Crippen LogP contribution in [0.5, 0.6) is 0 Å². The zero-order chi connectivity index (χ0) is 13.7. The van der Waals surface area contributed by atoms with E-state index in [1.165, 1.54) is 44.9 Å². The van der Waals surface area contributed by atoms with E-state index < -0.39 is 0 Å². The maximum absolute atomic E-state index is 6.48. The van der Waals surface area contributed by atoms with Gasteiger partial charge in [0.25, 0.3) is 0 Å². The lowest BCUT2D eigenvalue weighted by Gasteiger charge is -2.35. The van der Waals surface area contributed by atoms with Crippen molar-refractivity contribution in [2.75, 3.05) is 19.0 Å². The first-order valence-corrected chi connectivity index (χ1v) is 8.66. The van der Waals surface area contributed by atoms with Crippen molar-refractivity contribution in [1.82, 2.24) is 4.90 Å². The molecule has 0 bridgehead atoms. The summed E-state index contributed by atoms with van der Waals surface area (Å²) in [5.41, 5.74) is 0.262. The largest absolute Gasteiger partial charge is 0.370 e. The smallest absolute Gasteiger partial charge is 0.0710 e. The highest BCUT2D eigenvalue weighted by molar-refractivity contribution is 6.17. The van der Waals surface area contributed by atoms with E-state index in [1.54, 1.807) is 0 Å². The van der Waals surface area contributed by atoms with Gasteiger partial charge in [0.1, 0.15) is 0 Å². The summed E-state index contributed by atoms with van der Waals surface area (Å²) in [6.45, 7) is 6.75. The normalized spacial score (nSPS) is 26.7. The predicted molar refractivity (Wildman–Crippen MR) is 82.0 cm³/mol. The Morgan fingerprint density at radius 2 is 1.95 bits per heavy atom. The van der Waals surface area contributed by atoms with Crippen molar-refractivity contribution in [3.8, 4) is 0 Å². The average molecular weight is 288 g/mol. The van der Waals surface area contributed by atoms with E-state index in [0.717, 1.165) is 25.4 Å². The lowest BCUT2D eigenvalue weighted by Crippen LogP contribution is -2.40. The highest BCUT2D eigenvalue weighted by Crippen LogP contribution is 2.42. The van der Waals surface area contributed by atoms with Crippen LogP contribution in [0.1, 0.15) is 65.2 Å². The molecule has 1 aliphatic heterocycles. The molecule has 2 fully saturated rings. The van der Waals surface area contributed by atoms with Gasteiger partial charge in [-0.3, -0.25) is 4.90 Å². The first kappa shape index (κ1) is 15.6. The van der Waals surface area contributed by atoms with Gasteiger partial charge in [-0.05, 0) is 52.5 Å². The fourth-order valence-corrected chi connectivity index (χ4v) is 3.79. The first-order valence-electron chi connectivity index (χ1n) is 8.13. The van der Waals surface area contributed by atoms with Gasteiger partial charge in [0.15, 0.2) is 0 Å². The summed E-state index contributed by atoms with van der Waals surface area (Å²) in [7, 11) is 0. The van der Waals surface area contributed by atoms with Crippen LogP contribution in [0.15, 0.2) is 0 Å². The number of ether oxygens (including phenoxy) is 1. The van der Waals surface area contributed by atoms with Crippen molar-refractivity contribution in [3.63, 3.8) is 0 Å². The van der Waals surface area contributed by atoms with Crippen molar-refractivity contribution in [2.24, 2.45) is 0 Å². The summed E-state index contributed by atoms with van der Waals surface area (Å²) in [6, 6.07) is 0.592. The zero-order valence-corrected chi connectivity index (χ0v) is 13.4. The van der Waals surface area contributed by atoms with Gasteiger partial charge in [0.05, 0.1) is 11.7 Å². The monoisotopic (exact) mass is 287 g/mol. The van der Waals surface area contributed by atoms with Crippen LogP contribution in [0.25, 0.3) is 0 Å². The fourth-order valence-electron chi connectivity index (χ4n) is 3.67. The second-order valence-corrected chi connectivity index (χ2v) is 7.03. The molecule has 0 aromatic carbocycles. The summed E-state index contributed by atoms with van der Waals surface area (Å²) in [5.74, 6) is 0.763. The van der Waals surface area contributed by atoms with Gasteiger partial charge in [-0.25, -0.2) is 0 Å². The van der Waals surface area contributed by atoms with Crippen LogP contribution in [-0.2, 0) is 4.74 Å². The van der Waals surface area contributed by atoms with Crippen LogP contribution in [-0.4, -0.2) is 41.6 Å². The standard InChI is InChI=1S/C16H30ClNO/c1-14(2)18(12-6-11-17)13-15-7-10-16(19-15)8-4-3-5-9-16/h14-15H,3-13H2,1-2H3. The highest BCUT2D eigenvalue weighted by atomic mass is 35.5. The van der Waals surface area contributed by atoms with E-state index in [0.29, 0.717) is 12.1 Å². The van der Waals surface area contributed by atoms with Crippen molar-refractivity contribution >= 4 is 11.6 Å². The molecule has 19 heavy (non-hydrogen) atoms. The van der Waals surface area contributed by atoms with Gasteiger partial charge in [-0.15, -0.1) is 11.6 Å². The Labute approximate surface area is 123 Å². The molecular formula is C16H30ClNO. The van der Waals surface area contributed by atoms with E-state index in [-0.39, 0.29) is 5.60 Å². The molecule has 2 rings (SSSR count). The topological polar surface area (TPSA) is 12.5 Å². The number of rotatable bonds is 6. The van der Waals surface area contributed by atoms with Gasteiger partial charge >= 0.3 is 0 Å². The molecule has 112 valence electrons. The van der Waals surface area contributed by atoms with Crippen molar-refractivity contribution in [1.29, 1.82) is 0 Å². The summed E-state index contributed by atoms with van der Waals surface area (Å²) in [4.78, 5) is 2.54.